The zero-order valence-corrected chi connectivity index (χ0v) is 16.0. The van der Waals surface area contributed by atoms with Gasteiger partial charge in [0.25, 0.3) is 0 Å². The lowest BCUT2D eigenvalue weighted by Gasteiger charge is -2.17. The molecule has 0 saturated carbocycles. The second-order valence-corrected chi connectivity index (χ2v) is 7.12. The van der Waals surface area contributed by atoms with Crippen LogP contribution in [0, 0.1) is 5.82 Å². The van der Waals surface area contributed by atoms with Crippen LogP contribution in [0.4, 0.5) is 4.39 Å². The maximum Gasteiger partial charge on any atom is 0.163 e. The summed E-state index contributed by atoms with van der Waals surface area (Å²) in [6, 6.07) is 23.9. The number of ketones is 1. The Bertz CT molecular complexity index is 1090. The van der Waals surface area contributed by atoms with Crippen LogP contribution in [0.2, 0.25) is 0 Å². The van der Waals surface area contributed by atoms with Gasteiger partial charge in [0.05, 0.1) is 13.2 Å². The highest BCUT2D eigenvalue weighted by molar-refractivity contribution is 5.97. The van der Waals surface area contributed by atoms with E-state index in [4.69, 9.17) is 4.74 Å². The van der Waals surface area contributed by atoms with Crippen LogP contribution in [-0.4, -0.2) is 17.4 Å². The number of hydrogen-bond acceptors (Lipinski definition) is 2. The van der Waals surface area contributed by atoms with Crippen LogP contribution in [0.3, 0.4) is 0 Å². The van der Waals surface area contributed by atoms with Crippen molar-refractivity contribution in [3.8, 4) is 0 Å². The third kappa shape index (κ3) is 4.61. The molecule has 0 aliphatic carbocycles. The first-order chi connectivity index (χ1) is 14.2. The Balaban J connectivity index is 1.56. The summed E-state index contributed by atoms with van der Waals surface area (Å²) in [6.45, 7) is 0.881. The van der Waals surface area contributed by atoms with E-state index in [1.807, 2.05) is 66.9 Å². The van der Waals surface area contributed by atoms with Crippen molar-refractivity contribution in [1.82, 2.24) is 4.98 Å². The van der Waals surface area contributed by atoms with Gasteiger partial charge in [-0.1, -0.05) is 60.7 Å². The molecule has 4 rings (SSSR count). The van der Waals surface area contributed by atoms with Crippen LogP contribution in [0.25, 0.3) is 10.9 Å². The fourth-order valence-corrected chi connectivity index (χ4v) is 3.58. The standard InChI is InChI=1S/C25H22FNO2/c26-21-11-12-22-23(15-27-24(22)14-21)20(13-25(28)19-9-5-2-6-10-19)17-29-16-18-7-3-1-4-8-18/h1-12,14-15,20,27H,13,16-17H2/t20-/m0/s1. The third-order valence-electron chi connectivity index (χ3n) is 5.07. The summed E-state index contributed by atoms with van der Waals surface area (Å²) in [5.74, 6) is -0.357. The van der Waals surface area contributed by atoms with Crippen LogP contribution in [-0.2, 0) is 11.3 Å². The molecule has 0 aliphatic heterocycles. The molecule has 0 unspecified atom stereocenters. The van der Waals surface area contributed by atoms with Crippen LogP contribution < -0.4 is 0 Å². The number of fused-ring (bicyclic) bond motifs is 1. The molecular formula is C25H22FNO2. The molecule has 0 fully saturated rings. The number of carbonyl (C=O) groups excluding carboxylic acids is 1. The number of H-pyrrole nitrogens is 1. The summed E-state index contributed by atoms with van der Waals surface area (Å²) >= 11 is 0. The lowest BCUT2D eigenvalue weighted by atomic mass is 9.92. The maximum atomic E-state index is 13.6. The average molecular weight is 387 g/mol. The van der Waals surface area contributed by atoms with Gasteiger partial charge in [-0.05, 0) is 29.3 Å². The second-order valence-electron chi connectivity index (χ2n) is 7.12. The van der Waals surface area contributed by atoms with Crippen LogP contribution in [0.5, 0.6) is 0 Å². The summed E-state index contributed by atoms with van der Waals surface area (Å²) in [6.07, 6.45) is 2.18. The summed E-state index contributed by atoms with van der Waals surface area (Å²) < 4.78 is 19.5. The Morgan fingerprint density at radius 2 is 1.69 bits per heavy atom. The van der Waals surface area contributed by atoms with Crippen molar-refractivity contribution < 1.29 is 13.9 Å². The number of aromatic nitrogens is 1. The smallest absolute Gasteiger partial charge is 0.163 e. The average Bonchev–Trinajstić information content (AvgIpc) is 3.17. The Morgan fingerprint density at radius 1 is 0.966 bits per heavy atom. The molecule has 3 nitrogen and oxygen atoms in total. The van der Waals surface area contributed by atoms with Gasteiger partial charge in [-0.25, -0.2) is 4.39 Å². The Labute approximate surface area is 169 Å². The monoisotopic (exact) mass is 387 g/mol. The van der Waals surface area contributed by atoms with Crippen molar-refractivity contribution in [3.63, 3.8) is 0 Å². The first-order valence-corrected chi connectivity index (χ1v) is 9.67. The Morgan fingerprint density at radius 3 is 2.45 bits per heavy atom. The van der Waals surface area contributed by atoms with Crippen molar-refractivity contribution in [1.29, 1.82) is 0 Å². The molecule has 1 N–H and O–H groups in total. The molecular weight excluding hydrogens is 365 g/mol. The first-order valence-electron chi connectivity index (χ1n) is 9.67. The van der Waals surface area contributed by atoms with Gasteiger partial charge in [-0.3, -0.25) is 4.79 Å². The van der Waals surface area contributed by atoms with Gasteiger partial charge in [-0.2, -0.15) is 0 Å². The number of carbonyl (C=O) groups is 1. The molecule has 0 aliphatic rings. The molecule has 0 saturated heterocycles. The van der Waals surface area contributed by atoms with Crippen LogP contribution in [0.1, 0.15) is 33.8 Å². The van der Waals surface area contributed by atoms with E-state index in [1.165, 1.54) is 12.1 Å². The number of halogens is 1. The third-order valence-corrected chi connectivity index (χ3v) is 5.07. The van der Waals surface area contributed by atoms with E-state index in [-0.39, 0.29) is 17.5 Å². The predicted octanol–water partition coefficient (Wildman–Crippen LogP) is 5.88. The SMILES string of the molecule is O=C(C[C@@H](COCc1ccccc1)c1c[nH]c2cc(F)ccc12)c1ccccc1. The molecule has 29 heavy (non-hydrogen) atoms. The van der Waals surface area contributed by atoms with E-state index in [0.717, 1.165) is 22.0 Å². The molecule has 0 amide bonds. The molecule has 0 spiro atoms. The van der Waals surface area contributed by atoms with Gasteiger partial charge in [0.1, 0.15) is 5.82 Å². The van der Waals surface area contributed by atoms with E-state index in [2.05, 4.69) is 4.98 Å². The highest BCUT2D eigenvalue weighted by Gasteiger charge is 2.21. The van der Waals surface area contributed by atoms with Crippen molar-refractivity contribution >= 4 is 16.7 Å². The minimum absolute atomic E-state index is 0.0652. The van der Waals surface area contributed by atoms with Gasteiger partial charge < -0.3 is 9.72 Å². The van der Waals surface area contributed by atoms with E-state index in [1.54, 1.807) is 6.07 Å². The number of Topliss-reactive ketones (excluding diaryl/α,β-unsaturated/α-hetero) is 1. The minimum Gasteiger partial charge on any atom is -0.376 e. The summed E-state index contributed by atoms with van der Waals surface area (Å²) in [5.41, 5.74) is 3.46. The van der Waals surface area contributed by atoms with Crippen molar-refractivity contribution in [3.05, 3.63) is 108 Å². The fourth-order valence-electron chi connectivity index (χ4n) is 3.58. The highest BCUT2D eigenvalue weighted by atomic mass is 19.1. The largest absolute Gasteiger partial charge is 0.376 e. The molecule has 1 aromatic heterocycles. The molecule has 3 aromatic carbocycles. The van der Waals surface area contributed by atoms with Crippen LogP contribution >= 0.6 is 0 Å². The zero-order chi connectivity index (χ0) is 20.1. The van der Waals surface area contributed by atoms with Crippen molar-refractivity contribution in [2.75, 3.05) is 6.61 Å². The van der Waals surface area contributed by atoms with E-state index in [0.29, 0.717) is 25.2 Å². The van der Waals surface area contributed by atoms with E-state index >= 15 is 0 Å². The normalized spacial score (nSPS) is 12.2. The molecule has 0 radical (unpaired) electrons. The van der Waals surface area contributed by atoms with Crippen molar-refractivity contribution in [2.24, 2.45) is 0 Å². The number of hydrogen-bond donors (Lipinski definition) is 1. The summed E-state index contributed by atoms with van der Waals surface area (Å²) in [5, 5.41) is 0.917. The second kappa shape index (κ2) is 8.84. The number of aromatic amines is 1. The van der Waals surface area contributed by atoms with Crippen molar-refractivity contribution in [2.45, 2.75) is 18.9 Å². The van der Waals surface area contributed by atoms with Gasteiger partial charge in [0.15, 0.2) is 5.78 Å². The minimum atomic E-state index is -0.289. The number of nitrogens with one attached hydrogen (secondary N) is 1. The van der Waals surface area contributed by atoms with E-state index < -0.39 is 0 Å². The van der Waals surface area contributed by atoms with E-state index in [9.17, 15) is 9.18 Å². The predicted molar refractivity (Wildman–Crippen MR) is 112 cm³/mol. The molecule has 1 heterocycles. The lowest BCUT2D eigenvalue weighted by molar-refractivity contribution is 0.0868. The molecule has 0 bridgehead atoms. The summed E-state index contributed by atoms with van der Waals surface area (Å²) in [4.78, 5) is 16.0. The highest BCUT2D eigenvalue weighted by Crippen LogP contribution is 2.30. The van der Waals surface area contributed by atoms with Gasteiger partial charge in [0, 0.05) is 35.0 Å². The summed E-state index contributed by atoms with van der Waals surface area (Å²) in [7, 11) is 0. The number of ether oxygens (including phenoxy) is 1. The number of benzene rings is 3. The Hall–Kier alpha value is -3.24. The molecule has 1 atom stereocenters. The topological polar surface area (TPSA) is 42.1 Å². The van der Waals surface area contributed by atoms with Gasteiger partial charge >= 0.3 is 0 Å². The fraction of sp³-hybridized carbons (Fsp3) is 0.160. The Kier molecular flexibility index (Phi) is 5.82. The quantitative estimate of drug-likeness (QED) is 0.384. The molecule has 4 heteroatoms. The van der Waals surface area contributed by atoms with Gasteiger partial charge in [-0.15, -0.1) is 0 Å². The molecule has 4 aromatic rings. The van der Waals surface area contributed by atoms with Gasteiger partial charge in [0.2, 0.25) is 0 Å². The molecule has 146 valence electrons. The number of rotatable bonds is 8. The first kappa shape index (κ1) is 19.1. The maximum absolute atomic E-state index is 13.6. The lowest BCUT2D eigenvalue weighted by Crippen LogP contribution is -2.13. The van der Waals surface area contributed by atoms with Crippen LogP contribution in [0.15, 0.2) is 85.1 Å². The zero-order valence-electron chi connectivity index (χ0n) is 16.0.